The summed E-state index contributed by atoms with van der Waals surface area (Å²) in [6.07, 6.45) is 1.04. The molecule has 0 unspecified atom stereocenters. The lowest BCUT2D eigenvalue weighted by Crippen LogP contribution is -2.29. The average Bonchev–Trinajstić information content (AvgIpc) is 2.96. The second-order valence-corrected chi connectivity index (χ2v) is 11.2. The minimum absolute atomic E-state index is 1.04. The van der Waals surface area contributed by atoms with Gasteiger partial charge in [0.1, 0.15) is 8.07 Å². The Kier molecular flexibility index (Phi) is 4.22. The minimum Gasteiger partial charge on any atom is -0.126 e. The Morgan fingerprint density at radius 1 is 0.864 bits per heavy atom. The van der Waals surface area contributed by atoms with Gasteiger partial charge in [0.2, 0.25) is 0 Å². The van der Waals surface area contributed by atoms with Gasteiger partial charge in [0, 0.05) is 5.56 Å². The summed E-state index contributed by atoms with van der Waals surface area (Å²) < 4.78 is 0. The highest BCUT2D eigenvalue weighted by Crippen LogP contribution is 2.37. The highest BCUT2D eigenvalue weighted by molar-refractivity contribution is 6.87. The summed E-state index contributed by atoms with van der Waals surface area (Å²) in [5.74, 6) is 3.59. The van der Waals surface area contributed by atoms with Crippen molar-refractivity contribution in [2.75, 3.05) is 0 Å². The molecule has 0 N–H and O–H groups in total. The molecule has 3 rings (SSSR count). The maximum absolute atomic E-state index is 3.74. The zero-order valence-corrected chi connectivity index (χ0v) is 14.9. The van der Waals surface area contributed by atoms with E-state index in [1.54, 1.807) is 0 Å². The number of fused-ring (bicyclic) bond motifs is 3. The van der Waals surface area contributed by atoms with Crippen LogP contribution in [-0.4, -0.2) is 8.07 Å². The van der Waals surface area contributed by atoms with Gasteiger partial charge in [0.15, 0.2) is 0 Å². The van der Waals surface area contributed by atoms with Gasteiger partial charge in [-0.05, 0) is 52.9 Å². The fraction of sp³-hybridized carbons (Fsp3) is 0.333. The van der Waals surface area contributed by atoms with E-state index in [9.17, 15) is 0 Å². The normalized spacial score (nSPS) is 12.3. The van der Waals surface area contributed by atoms with Crippen molar-refractivity contribution in [2.45, 2.75) is 45.3 Å². The van der Waals surface area contributed by atoms with Crippen LogP contribution in [0, 0.1) is 11.5 Å². The van der Waals surface area contributed by atoms with Crippen LogP contribution < -0.4 is 0 Å². The molecule has 0 spiro atoms. The second-order valence-electron chi connectivity index (χ2n) is 6.26. The largest absolute Gasteiger partial charge is 0.138 e. The van der Waals surface area contributed by atoms with Crippen LogP contribution in [0.3, 0.4) is 0 Å². The van der Waals surface area contributed by atoms with E-state index in [1.165, 1.54) is 45.9 Å². The second kappa shape index (κ2) is 6.14. The molecule has 0 aromatic heterocycles. The van der Waals surface area contributed by atoms with Crippen LogP contribution in [0.15, 0.2) is 42.5 Å². The molecule has 0 radical (unpaired) electrons. The third-order valence-corrected chi connectivity index (χ3v) is 10.1. The molecule has 0 nitrogen and oxygen atoms in total. The smallest absolute Gasteiger partial charge is 0.126 e. The summed E-state index contributed by atoms with van der Waals surface area (Å²) in [4.78, 5) is 0. The first-order chi connectivity index (χ1) is 10.7. The first-order valence-electron chi connectivity index (χ1n) is 8.46. The van der Waals surface area contributed by atoms with Crippen molar-refractivity contribution >= 4 is 8.07 Å². The molecule has 0 saturated heterocycles. The Morgan fingerprint density at radius 2 is 1.55 bits per heavy atom. The number of hydrogen-bond acceptors (Lipinski definition) is 0. The van der Waals surface area contributed by atoms with Crippen molar-refractivity contribution in [1.82, 2.24) is 0 Å². The summed E-state index contributed by atoms with van der Waals surface area (Å²) in [5.41, 5.74) is 10.7. The van der Waals surface area contributed by atoms with Crippen LogP contribution in [0.25, 0.3) is 11.1 Å². The Bertz CT molecular complexity index is 734. The van der Waals surface area contributed by atoms with Crippen molar-refractivity contribution in [2.24, 2.45) is 0 Å². The van der Waals surface area contributed by atoms with E-state index < -0.39 is 8.07 Å². The summed E-state index contributed by atoms with van der Waals surface area (Å²) in [6.45, 7) is 6.96. The van der Waals surface area contributed by atoms with E-state index in [1.807, 2.05) is 0 Å². The maximum Gasteiger partial charge on any atom is 0.138 e. The number of hydrogen-bond donors (Lipinski definition) is 0. The van der Waals surface area contributed by atoms with Crippen molar-refractivity contribution in [1.29, 1.82) is 0 Å². The Hall–Kier alpha value is -1.78. The third-order valence-electron chi connectivity index (χ3n) is 5.34. The minimum atomic E-state index is -1.37. The summed E-state index contributed by atoms with van der Waals surface area (Å²) in [6, 6.07) is 19.2. The highest BCUT2D eigenvalue weighted by Gasteiger charge is 2.25. The van der Waals surface area contributed by atoms with Crippen LogP contribution in [0.4, 0.5) is 0 Å². The fourth-order valence-electron chi connectivity index (χ4n) is 3.49. The predicted molar refractivity (Wildman–Crippen MR) is 98.8 cm³/mol. The van der Waals surface area contributed by atoms with Gasteiger partial charge in [-0.1, -0.05) is 63.1 Å². The first kappa shape index (κ1) is 15.1. The Morgan fingerprint density at radius 3 is 2.27 bits per heavy atom. The van der Waals surface area contributed by atoms with E-state index in [4.69, 9.17) is 0 Å². The molecule has 0 atom stereocenters. The maximum atomic E-state index is 3.74. The molecular weight excluding hydrogens is 280 g/mol. The summed E-state index contributed by atoms with van der Waals surface area (Å²) in [7, 11) is -1.37. The average molecular weight is 305 g/mol. The topological polar surface area (TPSA) is 0 Å². The molecule has 112 valence electrons. The molecule has 0 aliphatic heterocycles. The van der Waals surface area contributed by atoms with E-state index >= 15 is 0 Å². The zero-order valence-electron chi connectivity index (χ0n) is 13.9. The van der Waals surface area contributed by atoms with Gasteiger partial charge < -0.3 is 0 Å². The standard InChI is InChI=1S/C21H24Si/c1-4-22(5-2,6-3)15-14-17-11-9-13-20-19-12-8-7-10-18(19)16-21(17)20/h7-13H,4-6,16H2,1-3H3. The van der Waals surface area contributed by atoms with Gasteiger partial charge in [-0.2, -0.15) is 0 Å². The van der Waals surface area contributed by atoms with E-state index in [0.717, 1.165) is 6.42 Å². The van der Waals surface area contributed by atoms with Crippen molar-refractivity contribution in [3.05, 3.63) is 59.2 Å². The van der Waals surface area contributed by atoms with Gasteiger partial charge in [0.05, 0.1) is 0 Å². The Labute approximate surface area is 135 Å². The fourth-order valence-corrected chi connectivity index (χ4v) is 5.92. The van der Waals surface area contributed by atoms with E-state index in [2.05, 4.69) is 74.7 Å². The van der Waals surface area contributed by atoms with Crippen molar-refractivity contribution < 1.29 is 0 Å². The van der Waals surface area contributed by atoms with Gasteiger partial charge >= 0.3 is 0 Å². The molecule has 1 aliphatic rings. The van der Waals surface area contributed by atoms with E-state index in [0.29, 0.717) is 0 Å². The number of rotatable bonds is 3. The zero-order chi connectivity index (χ0) is 15.6. The highest BCUT2D eigenvalue weighted by atomic mass is 28.3. The molecular formula is C21H24Si. The molecule has 0 heterocycles. The molecule has 22 heavy (non-hydrogen) atoms. The lowest BCUT2D eigenvalue weighted by atomic mass is 10.0. The summed E-state index contributed by atoms with van der Waals surface area (Å²) in [5, 5.41) is 0. The van der Waals surface area contributed by atoms with Crippen LogP contribution in [0.2, 0.25) is 18.1 Å². The lowest BCUT2D eigenvalue weighted by molar-refractivity contribution is 1.20. The Balaban J connectivity index is 2.03. The van der Waals surface area contributed by atoms with Gasteiger partial charge in [-0.15, -0.1) is 5.54 Å². The van der Waals surface area contributed by atoms with Gasteiger partial charge in [-0.25, -0.2) is 0 Å². The van der Waals surface area contributed by atoms with Crippen LogP contribution >= 0.6 is 0 Å². The predicted octanol–water partition coefficient (Wildman–Crippen LogP) is 5.66. The molecule has 0 amide bonds. The van der Waals surface area contributed by atoms with Crippen molar-refractivity contribution in [3.63, 3.8) is 0 Å². The van der Waals surface area contributed by atoms with E-state index in [-0.39, 0.29) is 0 Å². The monoisotopic (exact) mass is 304 g/mol. The summed E-state index contributed by atoms with van der Waals surface area (Å²) >= 11 is 0. The quantitative estimate of drug-likeness (QED) is 0.433. The van der Waals surface area contributed by atoms with Crippen LogP contribution in [0.5, 0.6) is 0 Å². The molecule has 0 fully saturated rings. The molecule has 1 aliphatic carbocycles. The first-order valence-corrected chi connectivity index (χ1v) is 11.1. The molecule has 2 aromatic rings. The van der Waals surface area contributed by atoms with Gasteiger partial charge in [-0.3, -0.25) is 0 Å². The van der Waals surface area contributed by atoms with Crippen molar-refractivity contribution in [3.8, 4) is 22.6 Å². The molecule has 0 bridgehead atoms. The third kappa shape index (κ3) is 2.53. The van der Waals surface area contributed by atoms with Crippen LogP contribution in [-0.2, 0) is 6.42 Å². The lowest BCUT2D eigenvalue weighted by Gasteiger charge is -2.20. The molecule has 0 saturated carbocycles. The molecule has 1 heteroatoms. The number of benzene rings is 2. The molecule has 2 aromatic carbocycles. The SMILES string of the molecule is CC[Si](C#Cc1cccc2c1Cc1ccccc1-2)(CC)CC. The van der Waals surface area contributed by atoms with Crippen LogP contribution in [0.1, 0.15) is 37.5 Å². The van der Waals surface area contributed by atoms with Gasteiger partial charge in [0.25, 0.3) is 0 Å².